The minimum atomic E-state index is 0.221. The van der Waals surface area contributed by atoms with Crippen LogP contribution < -0.4 is 0 Å². The Labute approximate surface area is 76.7 Å². The van der Waals surface area contributed by atoms with E-state index in [4.69, 9.17) is 11.6 Å². The number of halogens is 1. The van der Waals surface area contributed by atoms with Gasteiger partial charge < -0.3 is 0 Å². The summed E-state index contributed by atoms with van der Waals surface area (Å²) in [5.41, 5.74) is 2.13. The summed E-state index contributed by atoms with van der Waals surface area (Å²) in [6, 6.07) is 7.78. The molecule has 62 valence electrons. The van der Waals surface area contributed by atoms with Gasteiger partial charge in [0.25, 0.3) is 0 Å². The van der Waals surface area contributed by atoms with Gasteiger partial charge in [-0.05, 0) is 18.6 Å². The SMILES string of the molecule is Cc1ccc(/C=C(\Cl)C=O)cc1. The lowest BCUT2D eigenvalue weighted by Gasteiger charge is -1.93. The number of hydrogen-bond donors (Lipinski definition) is 0. The monoisotopic (exact) mass is 180 g/mol. The Kier molecular flexibility index (Phi) is 3.06. The first-order valence-corrected chi connectivity index (χ1v) is 3.99. The van der Waals surface area contributed by atoms with Gasteiger partial charge in [-0.3, -0.25) is 4.79 Å². The van der Waals surface area contributed by atoms with Crippen molar-refractivity contribution in [2.45, 2.75) is 6.92 Å². The number of rotatable bonds is 2. The summed E-state index contributed by atoms with van der Waals surface area (Å²) in [6.45, 7) is 2.01. The number of carbonyl (C=O) groups excluding carboxylic acids is 1. The zero-order valence-electron chi connectivity index (χ0n) is 6.75. The van der Waals surface area contributed by atoms with Gasteiger partial charge in [0.05, 0.1) is 5.03 Å². The van der Waals surface area contributed by atoms with E-state index in [-0.39, 0.29) is 5.03 Å². The molecule has 1 nitrogen and oxygen atoms in total. The number of hydrogen-bond acceptors (Lipinski definition) is 1. The third-order valence-corrected chi connectivity index (χ3v) is 1.69. The fraction of sp³-hybridized carbons (Fsp3) is 0.100. The largest absolute Gasteiger partial charge is 0.297 e. The molecule has 1 rings (SSSR count). The lowest BCUT2D eigenvalue weighted by molar-refractivity contribution is -0.104. The van der Waals surface area contributed by atoms with Gasteiger partial charge in [-0.1, -0.05) is 41.4 Å². The maximum atomic E-state index is 10.2. The molecule has 12 heavy (non-hydrogen) atoms. The minimum Gasteiger partial charge on any atom is -0.297 e. The van der Waals surface area contributed by atoms with Crippen LogP contribution in [0.25, 0.3) is 6.08 Å². The Bertz CT molecular complexity index is 298. The zero-order valence-corrected chi connectivity index (χ0v) is 7.51. The molecule has 0 aromatic heterocycles. The van der Waals surface area contributed by atoms with E-state index >= 15 is 0 Å². The third kappa shape index (κ3) is 2.51. The van der Waals surface area contributed by atoms with Crippen LogP contribution in [-0.2, 0) is 4.79 Å². The molecule has 1 aromatic rings. The Balaban J connectivity index is 2.91. The van der Waals surface area contributed by atoms with Gasteiger partial charge in [-0.15, -0.1) is 0 Å². The molecule has 0 saturated carbocycles. The van der Waals surface area contributed by atoms with Crippen LogP contribution in [0.3, 0.4) is 0 Å². The van der Waals surface area contributed by atoms with Crippen molar-refractivity contribution < 1.29 is 4.79 Å². The smallest absolute Gasteiger partial charge is 0.161 e. The summed E-state index contributed by atoms with van der Waals surface area (Å²) in [6.07, 6.45) is 2.26. The lowest BCUT2D eigenvalue weighted by atomic mass is 10.1. The normalized spacial score (nSPS) is 11.3. The quantitative estimate of drug-likeness (QED) is 0.505. The van der Waals surface area contributed by atoms with Gasteiger partial charge in [0.1, 0.15) is 0 Å². The fourth-order valence-corrected chi connectivity index (χ4v) is 0.982. The van der Waals surface area contributed by atoms with E-state index in [1.165, 1.54) is 5.56 Å². The fourth-order valence-electron chi connectivity index (χ4n) is 0.856. The molecule has 2 heteroatoms. The van der Waals surface area contributed by atoms with Crippen molar-refractivity contribution in [3.8, 4) is 0 Å². The van der Waals surface area contributed by atoms with Crippen LogP contribution >= 0.6 is 11.6 Å². The van der Waals surface area contributed by atoms with E-state index in [1.807, 2.05) is 31.2 Å². The summed E-state index contributed by atoms with van der Waals surface area (Å²) in [5.74, 6) is 0. The van der Waals surface area contributed by atoms with Gasteiger partial charge in [0, 0.05) is 0 Å². The predicted octanol–water partition coefficient (Wildman–Crippen LogP) is 2.77. The number of carbonyl (C=O) groups is 1. The number of allylic oxidation sites excluding steroid dienone is 1. The Morgan fingerprint density at radius 3 is 2.42 bits per heavy atom. The van der Waals surface area contributed by atoms with E-state index in [9.17, 15) is 4.79 Å². The number of benzene rings is 1. The van der Waals surface area contributed by atoms with E-state index in [0.717, 1.165) is 5.56 Å². The van der Waals surface area contributed by atoms with Crippen LogP contribution in [0.4, 0.5) is 0 Å². The number of aldehydes is 1. The highest BCUT2D eigenvalue weighted by atomic mass is 35.5. The van der Waals surface area contributed by atoms with Gasteiger partial charge in [0.2, 0.25) is 0 Å². The maximum absolute atomic E-state index is 10.2. The molecule has 0 fully saturated rings. The Morgan fingerprint density at radius 1 is 1.33 bits per heavy atom. The molecule has 0 heterocycles. The first kappa shape index (κ1) is 9.01. The van der Waals surface area contributed by atoms with Crippen molar-refractivity contribution in [3.05, 3.63) is 40.4 Å². The zero-order chi connectivity index (χ0) is 8.97. The molecule has 0 aliphatic rings. The molecule has 0 radical (unpaired) electrons. The van der Waals surface area contributed by atoms with E-state index < -0.39 is 0 Å². The van der Waals surface area contributed by atoms with Gasteiger partial charge in [0.15, 0.2) is 6.29 Å². The standard InChI is InChI=1S/C10H9ClO/c1-8-2-4-9(5-3-8)6-10(11)7-12/h2-7H,1H3/b10-6-. The summed E-state index contributed by atoms with van der Waals surface area (Å²) in [7, 11) is 0. The molecule has 0 amide bonds. The highest BCUT2D eigenvalue weighted by Crippen LogP contribution is 2.09. The van der Waals surface area contributed by atoms with Crippen LogP contribution in [0, 0.1) is 6.92 Å². The molecule has 0 spiro atoms. The minimum absolute atomic E-state index is 0.221. The van der Waals surface area contributed by atoms with Crippen LogP contribution in [0.15, 0.2) is 29.3 Å². The highest BCUT2D eigenvalue weighted by molar-refractivity contribution is 6.40. The van der Waals surface area contributed by atoms with Crippen LogP contribution in [-0.4, -0.2) is 6.29 Å². The first-order valence-electron chi connectivity index (χ1n) is 3.61. The summed E-state index contributed by atoms with van der Waals surface area (Å²) >= 11 is 5.53. The average Bonchev–Trinajstić information content (AvgIpc) is 2.09. The Morgan fingerprint density at radius 2 is 1.92 bits per heavy atom. The predicted molar refractivity (Wildman–Crippen MR) is 51.1 cm³/mol. The molecule has 0 atom stereocenters. The third-order valence-electron chi connectivity index (χ3n) is 1.49. The molecular formula is C10H9ClO. The van der Waals surface area contributed by atoms with E-state index in [0.29, 0.717) is 6.29 Å². The molecule has 0 unspecified atom stereocenters. The first-order chi connectivity index (χ1) is 5.72. The summed E-state index contributed by atoms with van der Waals surface area (Å²) < 4.78 is 0. The topological polar surface area (TPSA) is 17.1 Å². The van der Waals surface area contributed by atoms with Gasteiger partial charge >= 0.3 is 0 Å². The lowest BCUT2D eigenvalue weighted by Crippen LogP contribution is -1.76. The molecule has 0 N–H and O–H groups in total. The maximum Gasteiger partial charge on any atom is 0.161 e. The molecule has 0 aliphatic heterocycles. The molecule has 0 bridgehead atoms. The van der Waals surface area contributed by atoms with Crippen molar-refractivity contribution in [1.82, 2.24) is 0 Å². The van der Waals surface area contributed by atoms with Crippen LogP contribution in [0.5, 0.6) is 0 Å². The highest BCUT2D eigenvalue weighted by Gasteiger charge is 1.90. The van der Waals surface area contributed by atoms with Crippen molar-refractivity contribution in [2.75, 3.05) is 0 Å². The van der Waals surface area contributed by atoms with Crippen molar-refractivity contribution in [3.63, 3.8) is 0 Å². The molecule has 0 aliphatic carbocycles. The molecule has 0 saturated heterocycles. The molecular weight excluding hydrogens is 172 g/mol. The van der Waals surface area contributed by atoms with Crippen molar-refractivity contribution in [2.24, 2.45) is 0 Å². The summed E-state index contributed by atoms with van der Waals surface area (Å²) in [5, 5.41) is 0.221. The second kappa shape index (κ2) is 4.07. The van der Waals surface area contributed by atoms with Crippen LogP contribution in [0.1, 0.15) is 11.1 Å². The van der Waals surface area contributed by atoms with Gasteiger partial charge in [-0.25, -0.2) is 0 Å². The van der Waals surface area contributed by atoms with Gasteiger partial charge in [-0.2, -0.15) is 0 Å². The van der Waals surface area contributed by atoms with Crippen molar-refractivity contribution in [1.29, 1.82) is 0 Å². The number of aryl methyl sites for hydroxylation is 1. The van der Waals surface area contributed by atoms with Crippen LogP contribution in [0.2, 0.25) is 0 Å². The van der Waals surface area contributed by atoms with E-state index in [2.05, 4.69) is 0 Å². The second-order valence-electron chi connectivity index (χ2n) is 2.56. The van der Waals surface area contributed by atoms with E-state index in [1.54, 1.807) is 6.08 Å². The average molecular weight is 181 g/mol. The molecule has 1 aromatic carbocycles. The van der Waals surface area contributed by atoms with Crippen molar-refractivity contribution >= 4 is 24.0 Å². The Hall–Kier alpha value is -1.08. The summed E-state index contributed by atoms with van der Waals surface area (Å²) in [4.78, 5) is 10.2. The second-order valence-corrected chi connectivity index (χ2v) is 2.99.